The number of hydrogen-bond acceptors (Lipinski definition) is 6. The number of nitriles is 1. The van der Waals surface area contributed by atoms with Crippen LogP contribution in [0.2, 0.25) is 0 Å². The predicted molar refractivity (Wildman–Crippen MR) is 144 cm³/mol. The van der Waals surface area contributed by atoms with Crippen LogP contribution in [0.5, 0.6) is 17.2 Å². The third kappa shape index (κ3) is 5.48. The molecule has 2 saturated heterocycles. The molecule has 0 saturated carbocycles. The molecule has 38 heavy (non-hydrogen) atoms. The molecule has 1 N–H and O–H groups in total. The van der Waals surface area contributed by atoms with Crippen molar-refractivity contribution in [1.29, 1.82) is 5.26 Å². The Balaban J connectivity index is 1.24. The fourth-order valence-corrected chi connectivity index (χ4v) is 5.73. The average molecular weight is 515 g/mol. The minimum Gasteiger partial charge on any atom is -0.493 e. The first-order chi connectivity index (χ1) is 18.6. The smallest absolute Gasteiger partial charge is 0.270 e. The lowest BCUT2D eigenvalue weighted by molar-refractivity contribution is 0.0429. The van der Waals surface area contributed by atoms with Crippen LogP contribution in [-0.4, -0.2) is 66.6 Å². The first-order valence-electron chi connectivity index (χ1n) is 13.2. The Hall–Kier alpha value is -3.96. The van der Waals surface area contributed by atoms with Gasteiger partial charge in [-0.15, -0.1) is 0 Å². The van der Waals surface area contributed by atoms with E-state index in [1.807, 2.05) is 59.5 Å². The molecule has 0 spiro atoms. The molecule has 2 aliphatic heterocycles. The van der Waals surface area contributed by atoms with E-state index in [4.69, 9.17) is 14.2 Å². The number of piperazine rings is 1. The van der Waals surface area contributed by atoms with Crippen molar-refractivity contribution in [3.8, 4) is 23.3 Å². The largest absolute Gasteiger partial charge is 0.493 e. The zero-order valence-corrected chi connectivity index (χ0v) is 21.9. The maximum Gasteiger partial charge on any atom is 0.270 e. The van der Waals surface area contributed by atoms with Crippen molar-refractivity contribution in [1.82, 2.24) is 14.8 Å². The van der Waals surface area contributed by atoms with Gasteiger partial charge in [0.15, 0.2) is 11.5 Å². The molecule has 2 aromatic carbocycles. The van der Waals surface area contributed by atoms with Gasteiger partial charge in [0.1, 0.15) is 17.5 Å². The SMILES string of the molecule is COc1ccc(OC(CCCN2C3CCC2CN(C(=O)c2ccc[nH]2)C3)c2ccc(C#N)cc2)cc1OC. The van der Waals surface area contributed by atoms with Crippen LogP contribution in [0.3, 0.4) is 0 Å². The normalized spacial score (nSPS) is 19.6. The lowest BCUT2D eigenvalue weighted by atomic mass is 10.0. The molecule has 0 aliphatic carbocycles. The van der Waals surface area contributed by atoms with E-state index in [1.54, 1.807) is 20.4 Å². The van der Waals surface area contributed by atoms with Crippen molar-refractivity contribution in [3.05, 3.63) is 77.6 Å². The van der Waals surface area contributed by atoms with E-state index in [9.17, 15) is 10.1 Å². The number of ether oxygens (including phenoxy) is 3. The number of aromatic nitrogens is 1. The Morgan fingerprint density at radius 1 is 1.05 bits per heavy atom. The molecule has 0 radical (unpaired) electrons. The number of benzene rings is 2. The summed E-state index contributed by atoms with van der Waals surface area (Å²) in [6, 6.07) is 19.9. The predicted octanol–water partition coefficient (Wildman–Crippen LogP) is 4.79. The van der Waals surface area contributed by atoms with Crippen LogP contribution in [0.1, 0.15) is 53.4 Å². The summed E-state index contributed by atoms with van der Waals surface area (Å²) >= 11 is 0. The van der Waals surface area contributed by atoms with Crippen LogP contribution in [0.15, 0.2) is 60.8 Å². The molecular formula is C30H34N4O4. The molecule has 3 aromatic rings. The van der Waals surface area contributed by atoms with Gasteiger partial charge in [0, 0.05) is 37.4 Å². The molecule has 3 heterocycles. The van der Waals surface area contributed by atoms with Crippen molar-refractivity contribution in [2.24, 2.45) is 0 Å². The maximum absolute atomic E-state index is 12.9. The van der Waals surface area contributed by atoms with Crippen LogP contribution >= 0.6 is 0 Å². The van der Waals surface area contributed by atoms with Gasteiger partial charge in [-0.2, -0.15) is 5.26 Å². The summed E-state index contributed by atoms with van der Waals surface area (Å²) in [4.78, 5) is 20.5. The summed E-state index contributed by atoms with van der Waals surface area (Å²) in [5, 5.41) is 9.22. The van der Waals surface area contributed by atoms with Crippen molar-refractivity contribution in [2.75, 3.05) is 33.9 Å². The van der Waals surface area contributed by atoms with Crippen molar-refractivity contribution >= 4 is 5.91 Å². The highest BCUT2D eigenvalue weighted by Gasteiger charge is 2.41. The Labute approximate surface area is 223 Å². The number of nitrogens with one attached hydrogen (secondary N) is 1. The number of fused-ring (bicyclic) bond motifs is 2. The summed E-state index contributed by atoms with van der Waals surface area (Å²) in [5.41, 5.74) is 2.32. The highest BCUT2D eigenvalue weighted by atomic mass is 16.5. The second-order valence-corrected chi connectivity index (χ2v) is 9.92. The molecule has 5 rings (SSSR count). The van der Waals surface area contributed by atoms with Crippen molar-refractivity contribution in [3.63, 3.8) is 0 Å². The molecular weight excluding hydrogens is 480 g/mol. The van der Waals surface area contributed by atoms with Crippen LogP contribution in [0, 0.1) is 11.3 Å². The number of nitrogens with zero attached hydrogens (tertiary/aromatic N) is 3. The van der Waals surface area contributed by atoms with Gasteiger partial charge in [-0.3, -0.25) is 9.69 Å². The van der Waals surface area contributed by atoms with E-state index in [1.165, 1.54) is 0 Å². The number of methoxy groups -OCH3 is 2. The van der Waals surface area contributed by atoms with E-state index in [-0.39, 0.29) is 12.0 Å². The van der Waals surface area contributed by atoms with E-state index in [0.29, 0.717) is 40.6 Å². The zero-order chi connectivity index (χ0) is 26.5. The second kappa shape index (κ2) is 11.6. The fourth-order valence-electron chi connectivity index (χ4n) is 5.73. The first kappa shape index (κ1) is 25.7. The van der Waals surface area contributed by atoms with Gasteiger partial charge < -0.3 is 24.1 Å². The first-order valence-corrected chi connectivity index (χ1v) is 13.2. The second-order valence-electron chi connectivity index (χ2n) is 9.92. The Bertz CT molecular complexity index is 1250. The Kier molecular flexibility index (Phi) is 7.85. The number of hydrogen-bond donors (Lipinski definition) is 1. The van der Waals surface area contributed by atoms with Crippen LogP contribution in [0.4, 0.5) is 0 Å². The number of H-pyrrole nitrogens is 1. The topological polar surface area (TPSA) is 90.8 Å². The van der Waals surface area contributed by atoms with Gasteiger partial charge in [0.25, 0.3) is 5.91 Å². The van der Waals surface area contributed by atoms with Gasteiger partial charge in [0.2, 0.25) is 0 Å². The fraction of sp³-hybridized carbons (Fsp3) is 0.400. The monoisotopic (exact) mass is 514 g/mol. The molecule has 198 valence electrons. The lowest BCUT2D eigenvalue weighted by Crippen LogP contribution is -2.55. The number of rotatable bonds is 10. The number of carbonyl (C=O) groups is 1. The molecule has 1 aromatic heterocycles. The molecule has 2 fully saturated rings. The molecule has 1 amide bonds. The Morgan fingerprint density at radius 3 is 2.42 bits per heavy atom. The molecule has 2 bridgehead atoms. The van der Waals surface area contributed by atoms with Gasteiger partial charge >= 0.3 is 0 Å². The Morgan fingerprint density at radius 2 is 1.79 bits per heavy atom. The summed E-state index contributed by atoms with van der Waals surface area (Å²) in [5.74, 6) is 2.07. The molecule has 8 heteroatoms. The van der Waals surface area contributed by atoms with Crippen LogP contribution in [-0.2, 0) is 0 Å². The van der Waals surface area contributed by atoms with E-state index < -0.39 is 0 Å². The number of aromatic amines is 1. The summed E-state index contributed by atoms with van der Waals surface area (Å²) in [7, 11) is 3.22. The van der Waals surface area contributed by atoms with Gasteiger partial charge in [-0.1, -0.05) is 12.1 Å². The third-order valence-corrected chi connectivity index (χ3v) is 7.68. The number of carbonyl (C=O) groups excluding carboxylic acids is 1. The molecule has 3 unspecified atom stereocenters. The van der Waals surface area contributed by atoms with Gasteiger partial charge in [0.05, 0.1) is 25.9 Å². The number of likely N-dealkylation sites (tertiary alicyclic amines) is 1. The third-order valence-electron chi connectivity index (χ3n) is 7.68. The highest BCUT2D eigenvalue weighted by Crippen LogP contribution is 2.35. The summed E-state index contributed by atoms with van der Waals surface area (Å²) < 4.78 is 17.3. The average Bonchev–Trinajstić information content (AvgIpc) is 3.57. The number of amides is 1. The molecule has 3 atom stereocenters. The molecule has 2 aliphatic rings. The minimum absolute atomic E-state index is 0.0933. The van der Waals surface area contributed by atoms with Crippen molar-refractivity contribution in [2.45, 2.75) is 43.9 Å². The highest BCUT2D eigenvalue weighted by molar-refractivity contribution is 5.92. The van der Waals surface area contributed by atoms with E-state index >= 15 is 0 Å². The maximum atomic E-state index is 12.9. The minimum atomic E-state index is -0.172. The van der Waals surface area contributed by atoms with Crippen molar-refractivity contribution < 1.29 is 19.0 Å². The van der Waals surface area contributed by atoms with Gasteiger partial charge in [-0.25, -0.2) is 0 Å². The molecule has 8 nitrogen and oxygen atoms in total. The summed E-state index contributed by atoms with van der Waals surface area (Å²) in [6.45, 7) is 2.51. The van der Waals surface area contributed by atoms with Crippen LogP contribution in [0.25, 0.3) is 0 Å². The summed E-state index contributed by atoms with van der Waals surface area (Å²) in [6.07, 6.45) is 5.65. The van der Waals surface area contributed by atoms with Crippen LogP contribution < -0.4 is 14.2 Å². The van der Waals surface area contributed by atoms with Gasteiger partial charge in [-0.05, 0) is 74.2 Å². The van der Waals surface area contributed by atoms with E-state index in [0.717, 1.165) is 50.9 Å². The lowest BCUT2D eigenvalue weighted by Gasteiger charge is -2.41. The standard InChI is InChI=1S/C30H34N4O4/c1-36-28-14-13-25(17-29(28)37-2)38-27(22-9-7-21(18-31)8-10-22)6-4-16-34-23-11-12-24(34)20-33(19-23)30(35)26-5-3-15-32-26/h3,5,7-10,13-15,17,23-24,27,32H,4,6,11-12,16,19-20H2,1-2H3. The zero-order valence-electron chi connectivity index (χ0n) is 21.9. The quantitative estimate of drug-likeness (QED) is 0.418. The van der Waals surface area contributed by atoms with E-state index in [2.05, 4.69) is 16.0 Å².